The number of rotatable bonds is 5. The van der Waals surface area contributed by atoms with Gasteiger partial charge in [0.05, 0.1) is 6.61 Å². The maximum Gasteiger partial charge on any atom is 0.317 e. The maximum atomic E-state index is 11.8. The van der Waals surface area contributed by atoms with Crippen molar-refractivity contribution in [3.8, 4) is 0 Å². The summed E-state index contributed by atoms with van der Waals surface area (Å²) in [6.45, 7) is 9.38. The van der Waals surface area contributed by atoms with Gasteiger partial charge in [0.15, 0.2) is 0 Å². The Balaban J connectivity index is 1.84. The second kappa shape index (κ2) is 7.29. The first-order valence-corrected chi connectivity index (χ1v) is 10.2. The zero-order valence-electron chi connectivity index (χ0n) is 17.0. The van der Waals surface area contributed by atoms with Crippen molar-refractivity contribution in [2.45, 2.75) is 77.6 Å². The minimum Gasteiger partial charge on any atom is -0.481 e. The van der Waals surface area contributed by atoms with E-state index in [-0.39, 0.29) is 10.8 Å². The summed E-state index contributed by atoms with van der Waals surface area (Å²) in [7, 11) is 0. The Bertz CT molecular complexity index is 738. The fourth-order valence-corrected chi connectivity index (χ4v) is 5.60. The summed E-state index contributed by atoms with van der Waals surface area (Å²) < 4.78 is 5.41. The molecule has 0 aromatic heterocycles. The van der Waals surface area contributed by atoms with Crippen LogP contribution in [0.5, 0.6) is 0 Å². The van der Waals surface area contributed by atoms with Crippen molar-refractivity contribution in [3.05, 3.63) is 34.9 Å². The number of aliphatic carboxylic acids is 1. The SMILES string of the molecule is CC(C)c1ccc2c(c1)CCC1[C@@](C)(COC(=O)CC(=O)O)CCC[C@@]21C. The minimum absolute atomic E-state index is 0.0926. The fourth-order valence-electron chi connectivity index (χ4n) is 5.60. The third-order valence-corrected chi connectivity index (χ3v) is 7.03. The topological polar surface area (TPSA) is 63.6 Å². The van der Waals surface area contributed by atoms with Crippen molar-refractivity contribution in [3.63, 3.8) is 0 Å². The third kappa shape index (κ3) is 3.76. The van der Waals surface area contributed by atoms with Crippen LogP contribution in [0.3, 0.4) is 0 Å². The van der Waals surface area contributed by atoms with Crippen LogP contribution in [-0.2, 0) is 26.2 Å². The zero-order chi connectivity index (χ0) is 19.8. The van der Waals surface area contributed by atoms with Gasteiger partial charge in [-0.15, -0.1) is 0 Å². The summed E-state index contributed by atoms with van der Waals surface area (Å²) in [5.74, 6) is -0.792. The first-order chi connectivity index (χ1) is 12.7. The van der Waals surface area contributed by atoms with Crippen LogP contribution in [-0.4, -0.2) is 23.7 Å². The van der Waals surface area contributed by atoms with E-state index in [9.17, 15) is 9.59 Å². The maximum absolute atomic E-state index is 11.8. The van der Waals surface area contributed by atoms with E-state index in [0.717, 1.165) is 32.1 Å². The molecule has 3 rings (SSSR count). The van der Waals surface area contributed by atoms with E-state index >= 15 is 0 Å². The van der Waals surface area contributed by atoms with Gasteiger partial charge in [-0.3, -0.25) is 9.59 Å². The van der Waals surface area contributed by atoms with Gasteiger partial charge in [-0.05, 0) is 59.6 Å². The summed E-state index contributed by atoms with van der Waals surface area (Å²) in [5, 5.41) is 8.78. The molecular weight excluding hydrogens is 340 g/mol. The minimum atomic E-state index is -1.13. The Morgan fingerprint density at radius 2 is 2.00 bits per heavy atom. The van der Waals surface area contributed by atoms with E-state index < -0.39 is 18.4 Å². The number of ether oxygens (including phenoxy) is 1. The molecule has 1 aromatic carbocycles. The number of hydrogen-bond donors (Lipinski definition) is 1. The Kier molecular flexibility index (Phi) is 5.38. The second-order valence-corrected chi connectivity index (χ2v) is 9.32. The fraction of sp³-hybridized carbons (Fsp3) is 0.652. The molecule has 1 saturated carbocycles. The molecule has 2 aliphatic rings. The van der Waals surface area contributed by atoms with E-state index in [1.54, 1.807) is 0 Å². The van der Waals surface area contributed by atoms with Gasteiger partial charge in [-0.2, -0.15) is 0 Å². The van der Waals surface area contributed by atoms with Crippen molar-refractivity contribution in [1.82, 2.24) is 0 Å². The standard InChI is InChI=1S/C23H32O4/c1-15(2)16-6-8-18-17(12-16)7-9-19-22(3,10-5-11-23(18,19)4)14-27-21(26)13-20(24)25/h6,8,12,15,19H,5,7,9-11,13-14H2,1-4H3,(H,24,25)/t19?,22-,23+/m1/s1. The highest BCUT2D eigenvalue weighted by Gasteiger charge is 2.52. The van der Waals surface area contributed by atoms with Crippen LogP contribution in [0.1, 0.15) is 82.4 Å². The Labute approximate surface area is 162 Å². The molecule has 2 aliphatic carbocycles. The van der Waals surface area contributed by atoms with Crippen molar-refractivity contribution >= 4 is 11.9 Å². The van der Waals surface area contributed by atoms with E-state index in [0.29, 0.717) is 18.4 Å². The molecule has 0 heterocycles. The van der Waals surface area contributed by atoms with Gasteiger partial charge in [0.2, 0.25) is 0 Å². The molecule has 1 aromatic rings. The summed E-state index contributed by atoms with van der Waals surface area (Å²) >= 11 is 0. The van der Waals surface area contributed by atoms with Gasteiger partial charge >= 0.3 is 11.9 Å². The first kappa shape index (κ1) is 19.9. The number of carboxylic acid groups (broad SMARTS) is 1. The predicted octanol–water partition coefficient (Wildman–Crippen LogP) is 4.84. The van der Waals surface area contributed by atoms with Crippen LogP contribution < -0.4 is 0 Å². The molecule has 1 unspecified atom stereocenters. The van der Waals surface area contributed by atoms with Crippen LogP contribution in [0, 0.1) is 11.3 Å². The highest BCUT2D eigenvalue weighted by atomic mass is 16.5. The molecule has 4 heteroatoms. The van der Waals surface area contributed by atoms with Crippen LogP contribution in [0.2, 0.25) is 0 Å². The number of aryl methyl sites for hydroxylation is 1. The second-order valence-electron chi connectivity index (χ2n) is 9.32. The average Bonchev–Trinajstić information content (AvgIpc) is 2.59. The van der Waals surface area contributed by atoms with Crippen molar-refractivity contribution in [1.29, 1.82) is 0 Å². The van der Waals surface area contributed by atoms with Gasteiger partial charge in [0.1, 0.15) is 6.42 Å². The Morgan fingerprint density at radius 3 is 2.67 bits per heavy atom. The number of esters is 1. The highest BCUT2D eigenvalue weighted by molar-refractivity contribution is 5.90. The van der Waals surface area contributed by atoms with E-state index in [2.05, 4.69) is 45.9 Å². The lowest BCUT2D eigenvalue weighted by Gasteiger charge is -2.55. The largest absolute Gasteiger partial charge is 0.481 e. The van der Waals surface area contributed by atoms with Crippen molar-refractivity contribution in [2.24, 2.45) is 11.3 Å². The molecule has 0 spiro atoms. The summed E-state index contributed by atoms with van der Waals surface area (Å²) in [6, 6.07) is 7.00. The Morgan fingerprint density at radius 1 is 1.26 bits per heavy atom. The Hall–Kier alpha value is -1.84. The molecule has 0 radical (unpaired) electrons. The number of hydrogen-bond acceptors (Lipinski definition) is 3. The van der Waals surface area contributed by atoms with Gasteiger partial charge in [-0.1, -0.05) is 52.3 Å². The molecule has 0 amide bonds. The normalized spacial score (nSPS) is 29.7. The smallest absolute Gasteiger partial charge is 0.317 e. The molecule has 0 aliphatic heterocycles. The number of fused-ring (bicyclic) bond motifs is 3. The molecule has 27 heavy (non-hydrogen) atoms. The van der Waals surface area contributed by atoms with Gasteiger partial charge in [-0.25, -0.2) is 0 Å². The number of benzene rings is 1. The van der Waals surface area contributed by atoms with Crippen molar-refractivity contribution < 1.29 is 19.4 Å². The lowest BCUT2D eigenvalue weighted by Crippen LogP contribution is -2.51. The number of carbonyl (C=O) groups is 2. The van der Waals surface area contributed by atoms with Crippen molar-refractivity contribution in [2.75, 3.05) is 6.61 Å². The van der Waals surface area contributed by atoms with Gasteiger partial charge in [0.25, 0.3) is 0 Å². The van der Waals surface area contributed by atoms with E-state index in [1.165, 1.54) is 16.7 Å². The lowest BCUT2D eigenvalue weighted by atomic mass is 9.50. The van der Waals surface area contributed by atoms with Crippen LogP contribution >= 0.6 is 0 Å². The third-order valence-electron chi connectivity index (χ3n) is 7.03. The average molecular weight is 373 g/mol. The van der Waals surface area contributed by atoms with E-state index in [1.807, 2.05) is 0 Å². The summed E-state index contributed by atoms with van der Waals surface area (Å²) in [6.07, 6.45) is 4.88. The number of carboxylic acids is 1. The van der Waals surface area contributed by atoms with Crippen LogP contribution in [0.4, 0.5) is 0 Å². The zero-order valence-corrected chi connectivity index (χ0v) is 17.0. The summed E-state index contributed by atoms with van der Waals surface area (Å²) in [4.78, 5) is 22.5. The van der Waals surface area contributed by atoms with Crippen LogP contribution in [0.25, 0.3) is 0 Å². The lowest BCUT2D eigenvalue weighted by molar-refractivity contribution is -0.156. The molecule has 0 saturated heterocycles. The molecule has 148 valence electrons. The predicted molar refractivity (Wildman–Crippen MR) is 105 cm³/mol. The first-order valence-electron chi connectivity index (χ1n) is 10.2. The van der Waals surface area contributed by atoms with E-state index in [4.69, 9.17) is 9.84 Å². The molecule has 4 nitrogen and oxygen atoms in total. The molecule has 1 fully saturated rings. The number of carbonyl (C=O) groups excluding carboxylic acids is 1. The molecule has 3 atom stereocenters. The molecular formula is C23H32O4. The summed E-state index contributed by atoms with van der Waals surface area (Å²) in [5.41, 5.74) is 4.33. The highest BCUT2D eigenvalue weighted by Crippen LogP contribution is 2.57. The van der Waals surface area contributed by atoms with Gasteiger partial charge < -0.3 is 9.84 Å². The quantitative estimate of drug-likeness (QED) is 0.593. The molecule has 1 N–H and O–H groups in total. The monoisotopic (exact) mass is 372 g/mol. The van der Waals surface area contributed by atoms with Gasteiger partial charge in [0, 0.05) is 5.41 Å². The molecule has 0 bridgehead atoms. The van der Waals surface area contributed by atoms with Crippen LogP contribution in [0.15, 0.2) is 18.2 Å².